The number of carboxylic acid groups (broad SMARTS) is 1. The molecule has 1 aliphatic rings. The number of nitrogens with zero attached hydrogens (tertiary/aromatic N) is 2. The number of hydrogen-bond acceptors (Lipinski definition) is 4. The van der Waals surface area contributed by atoms with Crippen LogP contribution in [-0.2, 0) is 9.53 Å². The molecule has 1 aliphatic carbocycles. The van der Waals surface area contributed by atoms with E-state index >= 15 is 0 Å². The number of carboxylic acids is 1. The van der Waals surface area contributed by atoms with Crippen LogP contribution >= 0.6 is 15.9 Å². The zero-order valence-corrected chi connectivity index (χ0v) is 19.3. The van der Waals surface area contributed by atoms with Crippen molar-refractivity contribution in [2.75, 3.05) is 6.61 Å². The van der Waals surface area contributed by atoms with Crippen LogP contribution in [0.3, 0.4) is 0 Å². The second-order valence-corrected chi connectivity index (χ2v) is 8.86. The minimum Gasteiger partial charge on any atom is -0.479 e. The van der Waals surface area contributed by atoms with E-state index in [2.05, 4.69) is 33.0 Å². The average molecular weight is 495 g/mol. The van der Waals surface area contributed by atoms with Crippen LogP contribution in [0, 0.1) is 0 Å². The molecule has 0 radical (unpaired) electrons. The molecule has 164 valence electrons. The fourth-order valence-electron chi connectivity index (χ4n) is 4.22. The molecule has 0 bridgehead atoms. The number of fused-ring (bicyclic) bond motifs is 3. The van der Waals surface area contributed by atoms with E-state index in [0.717, 1.165) is 26.7 Å². The van der Waals surface area contributed by atoms with Gasteiger partial charge in [-0.3, -0.25) is 9.88 Å². The average Bonchev–Trinajstić information content (AvgIpc) is 3.10. The van der Waals surface area contributed by atoms with Crippen molar-refractivity contribution in [2.45, 2.75) is 31.8 Å². The molecule has 1 N–H and O–H groups in total. The van der Waals surface area contributed by atoms with Crippen molar-refractivity contribution in [3.8, 4) is 11.1 Å². The van der Waals surface area contributed by atoms with Gasteiger partial charge < -0.3 is 9.84 Å². The van der Waals surface area contributed by atoms with Crippen molar-refractivity contribution in [3.05, 3.63) is 88.2 Å². The summed E-state index contributed by atoms with van der Waals surface area (Å²) >= 11 is 3.30. The lowest BCUT2D eigenvalue weighted by Gasteiger charge is -2.31. The van der Waals surface area contributed by atoms with E-state index in [0.29, 0.717) is 0 Å². The first kappa shape index (κ1) is 22.0. The summed E-state index contributed by atoms with van der Waals surface area (Å²) in [5.41, 5.74) is 4.73. The third kappa shape index (κ3) is 4.12. The molecule has 7 heteroatoms. The van der Waals surface area contributed by atoms with Crippen LogP contribution in [0.1, 0.15) is 42.6 Å². The van der Waals surface area contributed by atoms with Crippen LogP contribution < -0.4 is 0 Å². The maximum atomic E-state index is 13.2. The molecule has 1 aromatic heterocycles. The normalized spacial score (nSPS) is 13.4. The Morgan fingerprint density at radius 1 is 1.03 bits per heavy atom. The van der Waals surface area contributed by atoms with Crippen LogP contribution in [-0.4, -0.2) is 39.7 Å². The van der Waals surface area contributed by atoms with Gasteiger partial charge in [0.25, 0.3) is 0 Å². The number of carbonyl (C=O) groups is 2. The van der Waals surface area contributed by atoms with Gasteiger partial charge in [0, 0.05) is 22.6 Å². The van der Waals surface area contributed by atoms with Crippen LogP contribution in [0.25, 0.3) is 11.1 Å². The Morgan fingerprint density at radius 3 is 2.12 bits per heavy atom. The minimum absolute atomic E-state index is 0.102. The third-order valence-corrected chi connectivity index (χ3v) is 6.11. The standard InChI is InChI=1S/C25H23BrN2O4/c1-15(2)28(23(24(29)30)22-12-11-16(26)13-27-22)25(31)32-14-21-19-9-5-3-7-17(19)18-8-4-6-10-20(18)21/h3-13,15,21,23H,14H2,1-2H3,(H,29,30). The second kappa shape index (κ2) is 9.12. The third-order valence-electron chi connectivity index (χ3n) is 5.65. The summed E-state index contributed by atoms with van der Waals surface area (Å²) in [5, 5.41) is 9.90. The molecular weight excluding hydrogens is 472 g/mol. The summed E-state index contributed by atoms with van der Waals surface area (Å²) in [4.78, 5) is 30.7. The first-order valence-corrected chi connectivity index (χ1v) is 11.2. The van der Waals surface area contributed by atoms with Gasteiger partial charge in [0.2, 0.25) is 0 Å². The molecule has 4 rings (SSSR count). The van der Waals surface area contributed by atoms with Crippen LogP contribution in [0.5, 0.6) is 0 Å². The molecule has 6 nitrogen and oxygen atoms in total. The highest BCUT2D eigenvalue weighted by atomic mass is 79.9. The number of hydrogen-bond donors (Lipinski definition) is 1. The quantitative estimate of drug-likeness (QED) is 0.480. The Kier molecular flexibility index (Phi) is 6.28. The zero-order valence-electron chi connectivity index (χ0n) is 17.7. The van der Waals surface area contributed by atoms with E-state index in [9.17, 15) is 14.7 Å². The van der Waals surface area contributed by atoms with Crippen molar-refractivity contribution in [2.24, 2.45) is 0 Å². The predicted molar refractivity (Wildman–Crippen MR) is 124 cm³/mol. The Labute approximate surface area is 195 Å². The van der Waals surface area contributed by atoms with Crippen molar-refractivity contribution in [3.63, 3.8) is 0 Å². The number of pyridine rings is 1. The highest BCUT2D eigenvalue weighted by molar-refractivity contribution is 9.10. The van der Waals surface area contributed by atoms with Gasteiger partial charge in [0.15, 0.2) is 6.04 Å². The summed E-state index contributed by atoms with van der Waals surface area (Å²) in [6, 6.07) is 17.8. The van der Waals surface area contributed by atoms with Crippen molar-refractivity contribution >= 4 is 28.0 Å². The number of amides is 1. The monoisotopic (exact) mass is 494 g/mol. The molecule has 1 atom stereocenters. The molecule has 1 amide bonds. The Hall–Kier alpha value is -3.19. The molecule has 0 saturated heterocycles. The van der Waals surface area contributed by atoms with Gasteiger partial charge in [-0.1, -0.05) is 48.5 Å². The molecule has 2 aromatic carbocycles. The molecule has 0 fully saturated rings. The Morgan fingerprint density at radius 2 is 1.62 bits per heavy atom. The zero-order chi connectivity index (χ0) is 22.8. The van der Waals surface area contributed by atoms with E-state index < -0.39 is 24.1 Å². The van der Waals surface area contributed by atoms with Gasteiger partial charge >= 0.3 is 12.1 Å². The number of halogens is 1. The minimum atomic E-state index is -1.25. The molecule has 1 unspecified atom stereocenters. The maximum absolute atomic E-state index is 13.2. The molecule has 32 heavy (non-hydrogen) atoms. The van der Waals surface area contributed by atoms with Gasteiger partial charge in [0.05, 0.1) is 5.69 Å². The molecule has 0 aliphatic heterocycles. The molecule has 3 aromatic rings. The van der Waals surface area contributed by atoms with Crippen molar-refractivity contribution < 1.29 is 19.4 Å². The summed E-state index contributed by atoms with van der Waals surface area (Å²) in [6.07, 6.45) is 0.834. The maximum Gasteiger partial charge on any atom is 0.411 e. The van der Waals surface area contributed by atoms with Gasteiger partial charge in [0.1, 0.15) is 6.61 Å². The summed E-state index contributed by atoms with van der Waals surface area (Å²) in [6.45, 7) is 3.64. The van der Waals surface area contributed by atoms with Crippen LogP contribution in [0.4, 0.5) is 4.79 Å². The van der Waals surface area contributed by atoms with Crippen molar-refractivity contribution in [1.82, 2.24) is 9.88 Å². The van der Waals surface area contributed by atoms with E-state index in [4.69, 9.17) is 4.74 Å². The molecular formula is C25H23BrN2O4. The Bertz CT molecular complexity index is 1100. The first-order chi connectivity index (χ1) is 15.4. The lowest BCUT2D eigenvalue weighted by atomic mass is 9.98. The topological polar surface area (TPSA) is 79.7 Å². The van der Waals surface area contributed by atoms with Crippen molar-refractivity contribution in [1.29, 1.82) is 0 Å². The smallest absolute Gasteiger partial charge is 0.411 e. The van der Waals surface area contributed by atoms with Crippen LogP contribution in [0.15, 0.2) is 71.3 Å². The molecule has 0 spiro atoms. The van der Waals surface area contributed by atoms with Gasteiger partial charge in [-0.2, -0.15) is 0 Å². The molecule has 1 heterocycles. The van der Waals surface area contributed by atoms with Gasteiger partial charge in [-0.25, -0.2) is 9.59 Å². The van der Waals surface area contributed by atoms with E-state index in [1.807, 2.05) is 36.4 Å². The van der Waals surface area contributed by atoms with Gasteiger partial charge in [-0.15, -0.1) is 0 Å². The SMILES string of the molecule is CC(C)N(C(=O)OCC1c2ccccc2-c2ccccc21)C(C(=O)O)c1ccc(Br)cn1. The number of ether oxygens (including phenoxy) is 1. The number of aliphatic carboxylic acids is 1. The predicted octanol–water partition coefficient (Wildman–Crippen LogP) is 5.63. The lowest BCUT2D eigenvalue weighted by molar-refractivity contribution is -0.143. The Balaban J connectivity index is 1.59. The summed E-state index contributed by atoms with van der Waals surface area (Å²) in [5.74, 6) is -1.27. The first-order valence-electron chi connectivity index (χ1n) is 10.4. The largest absolute Gasteiger partial charge is 0.479 e. The lowest BCUT2D eigenvalue weighted by Crippen LogP contribution is -2.44. The van der Waals surface area contributed by atoms with E-state index in [1.165, 1.54) is 11.1 Å². The number of rotatable bonds is 6. The highest BCUT2D eigenvalue weighted by Crippen LogP contribution is 2.44. The number of carbonyl (C=O) groups excluding carboxylic acids is 1. The second-order valence-electron chi connectivity index (χ2n) is 7.95. The summed E-state index contributed by atoms with van der Waals surface area (Å²) < 4.78 is 6.45. The highest BCUT2D eigenvalue weighted by Gasteiger charge is 2.36. The fourth-order valence-corrected chi connectivity index (χ4v) is 4.45. The number of aromatic nitrogens is 1. The number of benzene rings is 2. The van der Waals surface area contributed by atoms with Gasteiger partial charge in [-0.05, 0) is 64.2 Å². The van der Waals surface area contributed by atoms with E-state index in [-0.39, 0.29) is 18.2 Å². The summed E-state index contributed by atoms with van der Waals surface area (Å²) in [7, 11) is 0. The molecule has 0 saturated carbocycles. The van der Waals surface area contributed by atoms with E-state index in [1.54, 1.807) is 26.0 Å². The van der Waals surface area contributed by atoms with Crippen LogP contribution in [0.2, 0.25) is 0 Å². The fraction of sp³-hybridized carbons (Fsp3) is 0.240.